The van der Waals surface area contributed by atoms with Gasteiger partial charge >= 0.3 is 0 Å². The first-order valence-electron chi connectivity index (χ1n) is 2.32. The Labute approximate surface area is 63.9 Å². The fourth-order valence-corrected chi connectivity index (χ4v) is 1.15. The number of hydrogen-bond acceptors (Lipinski definition) is 5. The predicted octanol–water partition coefficient (Wildman–Crippen LogP) is -1.73. The van der Waals surface area contributed by atoms with Gasteiger partial charge in [-0.15, -0.1) is 0 Å². The topological polar surface area (TPSA) is 121 Å². The van der Waals surface area contributed by atoms with E-state index in [0.717, 1.165) is 0 Å². The van der Waals surface area contributed by atoms with Gasteiger partial charge in [0, 0.05) is 0 Å². The van der Waals surface area contributed by atoms with Crippen molar-refractivity contribution in [3.05, 3.63) is 0 Å². The van der Waals surface area contributed by atoms with E-state index in [9.17, 15) is 16.8 Å². The third-order valence-electron chi connectivity index (χ3n) is 0.569. The molecule has 3 N–H and O–H groups in total. The van der Waals surface area contributed by atoms with E-state index < -0.39 is 32.0 Å². The zero-order valence-electron chi connectivity index (χ0n) is 5.26. The summed E-state index contributed by atoms with van der Waals surface area (Å²) in [5.74, 6) is -1.82. The average Bonchev–Trinajstić information content (AvgIpc) is 1.55. The molecule has 0 amide bonds. The average molecular weight is 205 g/mol. The maximum atomic E-state index is 9.93. The molecule has 0 saturated carbocycles. The Bertz CT molecular complexity index is 267. The summed E-state index contributed by atoms with van der Waals surface area (Å²) in [6.45, 7) is 0. The van der Waals surface area contributed by atoms with Crippen molar-refractivity contribution >= 4 is 20.2 Å². The van der Waals surface area contributed by atoms with Gasteiger partial charge in [0.15, 0.2) is 0 Å². The Balaban J connectivity index is 3.79. The largest absolute Gasteiger partial charge is 0.286 e. The van der Waals surface area contributed by atoms with E-state index in [1.165, 1.54) is 0 Å². The van der Waals surface area contributed by atoms with E-state index in [1.807, 2.05) is 0 Å². The predicted molar refractivity (Wildman–Crippen MR) is 36.0 cm³/mol. The van der Waals surface area contributed by atoms with Crippen LogP contribution >= 0.6 is 0 Å². The minimum atomic E-state index is -4.23. The lowest BCUT2D eigenvalue weighted by molar-refractivity contribution is 0.470. The van der Waals surface area contributed by atoms with E-state index in [0.29, 0.717) is 0 Å². The fraction of sp³-hybridized carbons (Fsp3) is 1.00. The molecule has 0 aliphatic rings. The Morgan fingerprint density at radius 2 is 1.18 bits per heavy atom. The van der Waals surface area contributed by atoms with E-state index >= 15 is 0 Å². The monoisotopic (exact) mass is 205 g/mol. The van der Waals surface area contributed by atoms with Crippen LogP contribution in [0.5, 0.6) is 0 Å². The molecule has 11 heavy (non-hydrogen) atoms. The van der Waals surface area contributed by atoms with Gasteiger partial charge in [0.1, 0.15) is 11.8 Å². The molecule has 0 aromatic carbocycles. The summed E-state index contributed by atoms with van der Waals surface area (Å²) in [6, 6.07) is 0. The Hall–Kier alpha value is -0.220. The quantitative estimate of drug-likeness (QED) is 0.466. The van der Waals surface area contributed by atoms with Gasteiger partial charge in [-0.25, -0.2) is 0 Å². The van der Waals surface area contributed by atoms with Crippen molar-refractivity contribution in [1.29, 1.82) is 0 Å². The molecule has 0 aliphatic heterocycles. The van der Waals surface area contributed by atoms with Crippen LogP contribution in [0.2, 0.25) is 0 Å². The zero-order chi connectivity index (χ0) is 9.12. The third-order valence-corrected chi connectivity index (χ3v) is 1.71. The van der Waals surface area contributed by atoms with Gasteiger partial charge in [-0.3, -0.25) is 14.4 Å². The smallest absolute Gasteiger partial charge is 0.278 e. The van der Waals surface area contributed by atoms with Crippen molar-refractivity contribution < 1.29 is 25.9 Å². The minimum Gasteiger partial charge on any atom is -0.286 e. The van der Waals surface area contributed by atoms with E-state index in [4.69, 9.17) is 9.11 Å². The summed E-state index contributed by atoms with van der Waals surface area (Å²) in [5, 5.41) is 1.79. The second kappa shape index (κ2) is 3.45. The SMILES string of the molecule is O=S(=O)(O)CNCS(=O)(=O)O. The van der Waals surface area contributed by atoms with Gasteiger partial charge in [-0.1, -0.05) is 0 Å². The van der Waals surface area contributed by atoms with Crippen molar-refractivity contribution in [1.82, 2.24) is 5.32 Å². The van der Waals surface area contributed by atoms with Crippen LogP contribution in [0.3, 0.4) is 0 Å². The molecule has 0 rings (SSSR count). The molecule has 0 spiro atoms. The minimum absolute atomic E-state index is 0.910. The van der Waals surface area contributed by atoms with Crippen LogP contribution < -0.4 is 5.32 Å². The zero-order valence-corrected chi connectivity index (χ0v) is 6.89. The molecule has 0 fully saturated rings. The van der Waals surface area contributed by atoms with Gasteiger partial charge in [0.25, 0.3) is 20.2 Å². The lowest BCUT2D eigenvalue weighted by atomic mass is 11.2. The van der Waals surface area contributed by atoms with Crippen LogP contribution in [-0.4, -0.2) is 37.7 Å². The lowest BCUT2D eigenvalue weighted by Gasteiger charge is -1.97. The first-order chi connectivity index (χ1) is 4.71. The highest BCUT2D eigenvalue weighted by Crippen LogP contribution is 1.80. The molecular weight excluding hydrogens is 198 g/mol. The van der Waals surface area contributed by atoms with Crippen molar-refractivity contribution in [2.75, 3.05) is 11.8 Å². The van der Waals surface area contributed by atoms with Crippen LogP contribution in [0.15, 0.2) is 0 Å². The summed E-state index contributed by atoms with van der Waals surface area (Å²) in [4.78, 5) is 0. The lowest BCUT2D eigenvalue weighted by Crippen LogP contribution is -2.28. The molecule has 0 radical (unpaired) electrons. The van der Waals surface area contributed by atoms with E-state index in [2.05, 4.69) is 0 Å². The molecule has 0 aromatic heterocycles. The summed E-state index contributed by atoms with van der Waals surface area (Å²) in [7, 11) is -8.47. The molecule has 68 valence electrons. The summed E-state index contributed by atoms with van der Waals surface area (Å²) >= 11 is 0. The van der Waals surface area contributed by atoms with E-state index in [-0.39, 0.29) is 0 Å². The third kappa shape index (κ3) is 9.78. The van der Waals surface area contributed by atoms with Gasteiger partial charge in [0.05, 0.1) is 0 Å². The van der Waals surface area contributed by atoms with Gasteiger partial charge < -0.3 is 0 Å². The molecule has 7 nitrogen and oxygen atoms in total. The summed E-state index contributed by atoms with van der Waals surface area (Å²) in [6.07, 6.45) is 0. The highest BCUT2D eigenvalue weighted by Gasteiger charge is 2.07. The molecule has 0 saturated heterocycles. The van der Waals surface area contributed by atoms with Gasteiger partial charge in [0.2, 0.25) is 0 Å². The van der Waals surface area contributed by atoms with Gasteiger partial charge in [-0.2, -0.15) is 16.8 Å². The highest BCUT2D eigenvalue weighted by molar-refractivity contribution is 7.86. The van der Waals surface area contributed by atoms with Crippen molar-refractivity contribution in [3.63, 3.8) is 0 Å². The van der Waals surface area contributed by atoms with Crippen LogP contribution in [-0.2, 0) is 20.2 Å². The fourth-order valence-electron chi connectivity index (χ4n) is 0.300. The van der Waals surface area contributed by atoms with E-state index in [1.54, 1.807) is 5.32 Å². The standard InChI is InChI=1S/C2H7NO6S2/c4-10(5,6)1-3-2-11(7,8)9/h3H,1-2H2,(H,4,5,6)(H,7,8,9). The Morgan fingerprint density at radius 3 is 1.36 bits per heavy atom. The number of hydrogen-bond donors (Lipinski definition) is 3. The van der Waals surface area contributed by atoms with Crippen LogP contribution in [0.25, 0.3) is 0 Å². The molecule has 0 bridgehead atoms. The van der Waals surface area contributed by atoms with Gasteiger partial charge in [-0.05, 0) is 0 Å². The Morgan fingerprint density at radius 1 is 0.909 bits per heavy atom. The molecule has 9 heteroatoms. The molecule has 0 atom stereocenters. The summed E-state index contributed by atoms with van der Waals surface area (Å²) < 4.78 is 55.8. The molecule has 0 heterocycles. The number of rotatable bonds is 4. The van der Waals surface area contributed by atoms with Crippen LogP contribution in [0.4, 0.5) is 0 Å². The molecule has 0 aliphatic carbocycles. The van der Waals surface area contributed by atoms with Crippen molar-refractivity contribution in [2.24, 2.45) is 0 Å². The second-order valence-electron chi connectivity index (χ2n) is 1.70. The van der Waals surface area contributed by atoms with Crippen LogP contribution in [0.1, 0.15) is 0 Å². The van der Waals surface area contributed by atoms with Crippen LogP contribution in [0, 0.1) is 0 Å². The maximum Gasteiger partial charge on any atom is 0.278 e. The van der Waals surface area contributed by atoms with Crippen molar-refractivity contribution in [2.45, 2.75) is 0 Å². The molecule has 0 aromatic rings. The first-order valence-corrected chi connectivity index (χ1v) is 5.53. The maximum absolute atomic E-state index is 9.93. The second-order valence-corrected chi connectivity index (χ2v) is 4.61. The normalized spacial score (nSPS) is 13.3. The Kier molecular flexibility index (Phi) is 3.38. The molecular formula is C2H7NO6S2. The number of nitrogens with one attached hydrogen (secondary N) is 1. The summed E-state index contributed by atoms with van der Waals surface area (Å²) in [5.41, 5.74) is 0. The highest BCUT2D eigenvalue weighted by atomic mass is 32.2. The first kappa shape index (κ1) is 10.8. The molecule has 0 unspecified atom stereocenters. The van der Waals surface area contributed by atoms with Crippen molar-refractivity contribution in [3.8, 4) is 0 Å².